The smallest absolute Gasteiger partial charge is 0.323 e. The summed E-state index contributed by atoms with van der Waals surface area (Å²) in [7, 11) is 0. The molecule has 0 amide bonds. The van der Waals surface area contributed by atoms with Crippen molar-refractivity contribution in [2.45, 2.75) is 70.4 Å². The highest BCUT2D eigenvalue weighted by molar-refractivity contribution is 5.78. The number of hydrogen-bond donors (Lipinski definition) is 2. The Labute approximate surface area is 122 Å². The van der Waals surface area contributed by atoms with Crippen molar-refractivity contribution < 1.29 is 9.90 Å². The summed E-state index contributed by atoms with van der Waals surface area (Å²) in [6.07, 6.45) is 7.10. The Morgan fingerprint density at radius 3 is 2.65 bits per heavy atom. The summed E-state index contributed by atoms with van der Waals surface area (Å²) >= 11 is 0. The van der Waals surface area contributed by atoms with Gasteiger partial charge < -0.3 is 15.7 Å². The van der Waals surface area contributed by atoms with E-state index in [9.17, 15) is 9.90 Å². The first-order valence-corrected chi connectivity index (χ1v) is 8.19. The monoisotopic (exact) mass is 282 g/mol. The van der Waals surface area contributed by atoms with E-state index in [1.54, 1.807) is 0 Å². The van der Waals surface area contributed by atoms with Crippen LogP contribution in [-0.2, 0) is 4.79 Å². The first-order valence-electron chi connectivity index (χ1n) is 8.19. The van der Waals surface area contributed by atoms with Crippen molar-refractivity contribution in [3.8, 4) is 0 Å². The number of likely N-dealkylation sites (tertiary alicyclic amines) is 1. The van der Waals surface area contributed by atoms with Crippen LogP contribution < -0.4 is 5.73 Å². The van der Waals surface area contributed by atoms with E-state index in [4.69, 9.17) is 5.73 Å². The molecule has 3 N–H and O–H groups in total. The first-order chi connectivity index (χ1) is 9.42. The van der Waals surface area contributed by atoms with E-state index < -0.39 is 11.5 Å². The second-order valence-electron chi connectivity index (χ2n) is 7.18. The van der Waals surface area contributed by atoms with Crippen molar-refractivity contribution in [2.75, 3.05) is 13.1 Å². The minimum atomic E-state index is -0.993. The molecular weight excluding hydrogens is 252 g/mol. The molecule has 4 nitrogen and oxygen atoms in total. The van der Waals surface area contributed by atoms with Crippen LogP contribution in [0, 0.1) is 11.8 Å². The largest absolute Gasteiger partial charge is 0.480 e. The number of nitrogens with two attached hydrogens (primary N) is 1. The number of aliphatic carboxylic acids is 1. The predicted octanol–water partition coefficient (Wildman–Crippen LogP) is 2.47. The molecule has 2 rings (SSSR count). The SMILES string of the molecule is CC(C)C1CCCN(C2CCCC(N)(C(=O)O)C2)CC1. The van der Waals surface area contributed by atoms with Gasteiger partial charge in [-0.3, -0.25) is 4.79 Å². The molecule has 1 heterocycles. The molecule has 0 aromatic rings. The predicted molar refractivity (Wildman–Crippen MR) is 80.6 cm³/mol. The molecule has 0 aromatic carbocycles. The number of carboxylic acids is 1. The van der Waals surface area contributed by atoms with Crippen molar-refractivity contribution in [3.63, 3.8) is 0 Å². The van der Waals surface area contributed by atoms with Gasteiger partial charge in [-0.1, -0.05) is 13.8 Å². The van der Waals surface area contributed by atoms with E-state index in [0.29, 0.717) is 18.9 Å². The summed E-state index contributed by atoms with van der Waals surface area (Å²) in [6, 6.07) is 0.371. The van der Waals surface area contributed by atoms with Gasteiger partial charge in [-0.25, -0.2) is 0 Å². The van der Waals surface area contributed by atoms with Crippen molar-refractivity contribution in [1.82, 2.24) is 4.90 Å². The molecule has 116 valence electrons. The second kappa shape index (κ2) is 6.44. The van der Waals surface area contributed by atoms with Gasteiger partial charge in [0.15, 0.2) is 0 Å². The molecule has 4 heteroatoms. The van der Waals surface area contributed by atoms with Crippen LogP contribution in [0.15, 0.2) is 0 Å². The van der Waals surface area contributed by atoms with Crippen LogP contribution in [0.4, 0.5) is 0 Å². The minimum absolute atomic E-state index is 0.371. The summed E-state index contributed by atoms with van der Waals surface area (Å²) in [4.78, 5) is 13.9. The first kappa shape index (κ1) is 15.8. The summed E-state index contributed by atoms with van der Waals surface area (Å²) in [5.74, 6) is 0.761. The molecule has 0 bridgehead atoms. The van der Waals surface area contributed by atoms with Crippen LogP contribution in [-0.4, -0.2) is 40.6 Å². The van der Waals surface area contributed by atoms with Gasteiger partial charge in [0.25, 0.3) is 0 Å². The number of rotatable bonds is 3. The summed E-state index contributed by atoms with van der Waals surface area (Å²) < 4.78 is 0. The van der Waals surface area contributed by atoms with Gasteiger partial charge in [0.1, 0.15) is 5.54 Å². The van der Waals surface area contributed by atoms with Crippen LogP contribution in [0.3, 0.4) is 0 Å². The summed E-state index contributed by atoms with van der Waals surface area (Å²) in [5.41, 5.74) is 5.09. The zero-order valence-corrected chi connectivity index (χ0v) is 13.0. The number of carboxylic acid groups (broad SMARTS) is 1. The third-order valence-electron chi connectivity index (χ3n) is 5.45. The molecule has 1 saturated carbocycles. The fraction of sp³-hybridized carbons (Fsp3) is 0.938. The van der Waals surface area contributed by atoms with Gasteiger partial charge in [0.05, 0.1) is 0 Å². The Morgan fingerprint density at radius 2 is 2.00 bits per heavy atom. The Bertz CT molecular complexity index is 345. The van der Waals surface area contributed by atoms with E-state index >= 15 is 0 Å². The average molecular weight is 282 g/mol. The molecular formula is C16H30N2O2. The highest BCUT2D eigenvalue weighted by Gasteiger charge is 2.41. The molecule has 3 atom stereocenters. The Hall–Kier alpha value is -0.610. The van der Waals surface area contributed by atoms with E-state index in [1.807, 2.05) is 0 Å². The van der Waals surface area contributed by atoms with Crippen molar-refractivity contribution in [3.05, 3.63) is 0 Å². The normalized spacial score (nSPS) is 36.8. The van der Waals surface area contributed by atoms with E-state index in [1.165, 1.54) is 19.3 Å². The van der Waals surface area contributed by atoms with E-state index in [-0.39, 0.29) is 0 Å². The Kier molecular flexibility index (Phi) is 5.08. The molecule has 1 aliphatic carbocycles. The third-order valence-corrected chi connectivity index (χ3v) is 5.45. The zero-order chi connectivity index (χ0) is 14.8. The number of nitrogens with zero attached hydrogens (tertiary/aromatic N) is 1. The standard InChI is InChI=1S/C16H30N2O2/c1-12(2)13-5-4-9-18(10-7-13)14-6-3-8-16(17,11-14)15(19)20/h12-14H,3-11,17H2,1-2H3,(H,19,20). The minimum Gasteiger partial charge on any atom is -0.480 e. The molecule has 1 saturated heterocycles. The highest BCUT2D eigenvalue weighted by atomic mass is 16.4. The Balaban J connectivity index is 1.96. The van der Waals surface area contributed by atoms with E-state index in [2.05, 4.69) is 18.7 Å². The van der Waals surface area contributed by atoms with Gasteiger partial charge in [-0.15, -0.1) is 0 Å². The lowest BCUT2D eigenvalue weighted by Crippen LogP contribution is -2.55. The van der Waals surface area contributed by atoms with Gasteiger partial charge in [-0.2, -0.15) is 0 Å². The Morgan fingerprint density at radius 1 is 1.25 bits per heavy atom. The lowest BCUT2D eigenvalue weighted by Gasteiger charge is -2.40. The average Bonchev–Trinajstić information content (AvgIpc) is 2.64. The molecule has 0 radical (unpaired) electrons. The molecule has 1 aliphatic heterocycles. The van der Waals surface area contributed by atoms with Crippen LogP contribution >= 0.6 is 0 Å². The van der Waals surface area contributed by atoms with Crippen molar-refractivity contribution in [1.29, 1.82) is 0 Å². The number of hydrogen-bond acceptors (Lipinski definition) is 3. The van der Waals surface area contributed by atoms with Crippen LogP contribution in [0.25, 0.3) is 0 Å². The molecule has 0 aromatic heterocycles. The van der Waals surface area contributed by atoms with E-state index in [0.717, 1.165) is 37.8 Å². The third kappa shape index (κ3) is 3.53. The topological polar surface area (TPSA) is 66.6 Å². The summed E-state index contributed by atoms with van der Waals surface area (Å²) in [5, 5.41) is 9.34. The van der Waals surface area contributed by atoms with Gasteiger partial charge >= 0.3 is 5.97 Å². The fourth-order valence-electron chi connectivity index (χ4n) is 3.96. The van der Waals surface area contributed by atoms with Crippen molar-refractivity contribution in [2.24, 2.45) is 17.6 Å². The maximum absolute atomic E-state index is 11.4. The quantitative estimate of drug-likeness (QED) is 0.834. The highest BCUT2D eigenvalue weighted by Crippen LogP contribution is 2.32. The summed E-state index contributed by atoms with van der Waals surface area (Å²) in [6.45, 7) is 6.86. The number of carbonyl (C=O) groups is 1. The van der Waals surface area contributed by atoms with Crippen LogP contribution in [0.1, 0.15) is 58.8 Å². The second-order valence-corrected chi connectivity index (χ2v) is 7.18. The maximum Gasteiger partial charge on any atom is 0.323 e. The van der Waals surface area contributed by atoms with Gasteiger partial charge in [-0.05, 0) is 69.9 Å². The van der Waals surface area contributed by atoms with Crippen LogP contribution in [0.2, 0.25) is 0 Å². The zero-order valence-electron chi connectivity index (χ0n) is 13.0. The van der Waals surface area contributed by atoms with Gasteiger partial charge in [0, 0.05) is 6.04 Å². The molecule has 3 unspecified atom stereocenters. The lowest BCUT2D eigenvalue weighted by molar-refractivity contribution is -0.145. The molecule has 2 aliphatic rings. The molecule has 2 fully saturated rings. The fourth-order valence-corrected chi connectivity index (χ4v) is 3.96. The van der Waals surface area contributed by atoms with Gasteiger partial charge in [0.2, 0.25) is 0 Å². The lowest BCUT2D eigenvalue weighted by atomic mass is 9.79. The molecule has 20 heavy (non-hydrogen) atoms. The molecule has 0 spiro atoms. The van der Waals surface area contributed by atoms with Crippen LogP contribution in [0.5, 0.6) is 0 Å². The maximum atomic E-state index is 11.4. The van der Waals surface area contributed by atoms with Crippen molar-refractivity contribution >= 4 is 5.97 Å².